The molecule has 0 spiro atoms. The Morgan fingerprint density at radius 2 is 2.21 bits per heavy atom. The summed E-state index contributed by atoms with van der Waals surface area (Å²) in [5, 5.41) is 11.4. The predicted octanol–water partition coefficient (Wildman–Crippen LogP) is 1.63. The highest BCUT2D eigenvalue weighted by Gasteiger charge is 2.35. The summed E-state index contributed by atoms with van der Waals surface area (Å²) in [4.78, 5) is 26.0. The molecule has 2 N–H and O–H groups in total. The zero-order chi connectivity index (χ0) is 16.5. The molecule has 1 amide bonds. The predicted molar refractivity (Wildman–Crippen MR) is 89.4 cm³/mol. The molecule has 1 aliphatic heterocycles. The van der Waals surface area contributed by atoms with Gasteiger partial charge in [0.15, 0.2) is 0 Å². The van der Waals surface area contributed by atoms with Gasteiger partial charge in [-0.25, -0.2) is 0 Å². The quantitative estimate of drug-likeness (QED) is 0.768. The third-order valence-corrected chi connectivity index (χ3v) is 4.60. The fraction of sp³-hybridized carbons (Fsp3) is 0.278. The highest BCUT2D eigenvalue weighted by molar-refractivity contribution is 6.05. The average Bonchev–Trinajstić information content (AvgIpc) is 3.22. The second-order valence-electron chi connectivity index (χ2n) is 6.19. The first-order chi connectivity index (χ1) is 11.7. The van der Waals surface area contributed by atoms with Crippen molar-refractivity contribution in [1.29, 1.82) is 0 Å². The van der Waals surface area contributed by atoms with Crippen LogP contribution in [0.5, 0.6) is 0 Å². The summed E-state index contributed by atoms with van der Waals surface area (Å²) in [6.07, 6.45) is 6.88. The lowest BCUT2D eigenvalue weighted by molar-refractivity contribution is 0.0766. The molecule has 0 unspecified atom stereocenters. The van der Waals surface area contributed by atoms with Gasteiger partial charge in [0, 0.05) is 49.2 Å². The van der Waals surface area contributed by atoms with Crippen molar-refractivity contribution in [1.82, 2.24) is 19.9 Å². The maximum Gasteiger partial charge on any atom is 0.256 e. The van der Waals surface area contributed by atoms with Crippen LogP contribution >= 0.6 is 0 Å². The van der Waals surface area contributed by atoms with Gasteiger partial charge in [-0.1, -0.05) is 12.1 Å². The first kappa shape index (κ1) is 14.8. The molecule has 1 aromatic carbocycles. The van der Waals surface area contributed by atoms with Gasteiger partial charge >= 0.3 is 0 Å². The zero-order valence-electron chi connectivity index (χ0n) is 13.1. The summed E-state index contributed by atoms with van der Waals surface area (Å²) in [6.45, 7) is 0.870. The van der Waals surface area contributed by atoms with Gasteiger partial charge < -0.3 is 15.0 Å². The summed E-state index contributed by atoms with van der Waals surface area (Å²) in [7, 11) is 0. The number of para-hydroxylation sites is 1. The summed E-state index contributed by atoms with van der Waals surface area (Å²) in [5.74, 6) is -0.0720. The van der Waals surface area contributed by atoms with Crippen molar-refractivity contribution in [2.75, 3.05) is 13.1 Å². The minimum atomic E-state index is -0.543. The number of benzene rings is 1. The van der Waals surface area contributed by atoms with E-state index >= 15 is 0 Å². The molecule has 6 heteroatoms. The maximum atomic E-state index is 12.9. The summed E-state index contributed by atoms with van der Waals surface area (Å²) in [5.41, 5.74) is 2.32. The van der Waals surface area contributed by atoms with Crippen LogP contribution in [0.25, 0.3) is 10.9 Å². The van der Waals surface area contributed by atoms with E-state index in [-0.39, 0.29) is 11.8 Å². The Labute approximate surface area is 139 Å². The second-order valence-corrected chi connectivity index (χ2v) is 6.19. The molecule has 122 valence electrons. The lowest BCUT2D eigenvalue weighted by atomic mass is 10.0. The van der Waals surface area contributed by atoms with Crippen LogP contribution in [0.3, 0.4) is 0 Å². The van der Waals surface area contributed by atoms with Crippen LogP contribution in [0.15, 0.2) is 49.1 Å². The van der Waals surface area contributed by atoms with E-state index in [1.807, 2.05) is 30.5 Å². The van der Waals surface area contributed by atoms with Crippen molar-refractivity contribution in [3.63, 3.8) is 0 Å². The number of rotatable bonds is 3. The minimum absolute atomic E-state index is 0.0199. The molecule has 24 heavy (non-hydrogen) atoms. The molecule has 6 nitrogen and oxygen atoms in total. The fourth-order valence-electron chi connectivity index (χ4n) is 3.36. The van der Waals surface area contributed by atoms with E-state index in [2.05, 4.69) is 15.0 Å². The smallest absolute Gasteiger partial charge is 0.256 e. The van der Waals surface area contributed by atoms with Gasteiger partial charge in [0.05, 0.1) is 22.9 Å². The lowest BCUT2D eigenvalue weighted by Crippen LogP contribution is -2.29. The van der Waals surface area contributed by atoms with Gasteiger partial charge in [-0.2, -0.15) is 0 Å². The molecular weight excluding hydrogens is 304 g/mol. The number of hydrogen-bond donors (Lipinski definition) is 2. The van der Waals surface area contributed by atoms with E-state index in [1.54, 1.807) is 23.5 Å². The van der Waals surface area contributed by atoms with Crippen molar-refractivity contribution < 1.29 is 9.90 Å². The first-order valence-electron chi connectivity index (χ1n) is 8.00. The van der Waals surface area contributed by atoms with Crippen molar-refractivity contribution in [3.8, 4) is 0 Å². The standard InChI is InChI=1S/C18H18N4O2/c23-16-11-22(10-13(16)8-14-9-19-6-7-20-14)18(24)15-3-1-2-12-4-5-21-17(12)15/h1-7,9,13,16,21,23H,8,10-11H2/t13-,16-/m1/s1. The number of likely N-dealkylation sites (tertiary alicyclic amines) is 1. The number of β-amino-alcohol motifs (C(OH)–C–C–N with tert-alkyl or cyclic N) is 1. The number of hydrogen-bond acceptors (Lipinski definition) is 4. The van der Waals surface area contributed by atoms with Crippen LogP contribution < -0.4 is 0 Å². The van der Waals surface area contributed by atoms with E-state index in [0.29, 0.717) is 25.1 Å². The van der Waals surface area contributed by atoms with E-state index in [1.165, 1.54) is 0 Å². The average molecular weight is 322 g/mol. The minimum Gasteiger partial charge on any atom is -0.391 e. The van der Waals surface area contributed by atoms with E-state index < -0.39 is 6.10 Å². The van der Waals surface area contributed by atoms with Crippen LogP contribution in [0, 0.1) is 5.92 Å². The Morgan fingerprint density at radius 3 is 3.04 bits per heavy atom. The summed E-state index contributed by atoms with van der Waals surface area (Å²) in [6, 6.07) is 7.62. The fourth-order valence-corrected chi connectivity index (χ4v) is 3.36. The first-order valence-corrected chi connectivity index (χ1v) is 8.00. The van der Waals surface area contributed by atoms with Gasteiger partial charge in [-0.05, 0) is 18.6 Å². The number of carbonyl (C=O) groups excluding carboxylic acids is 1. The molecule has 1 aliphatic rings. The van der Waals surface area contributed by atoms with E-state index in [9.17, 15) is 9.90 Å². The van der Waals surface area contributed by atoms with Gasteiger partial charge in [0.2, 0.25) is 0 Å². The molecule has 0 saturated carbocycles. The van der Waals surface area contributed by atoms with Crippen LogP contribution in [0.2, 0.25) is 0 Å². The van der Waals surface area contributed by atoms with Crippen molar-refractivity contribution >= 4 is 16.8 Å². The zero-order valence-corrected chi connectivity index (χ0v) is 13.1. The Kier molecular flexibility index (Phi) is 3.74. The lowest BCUT2D eigenvalue weighted by Gasteiger charge is -2.16. The molecule has 2 aromatic heterocycles. The Hall–Kier alpha value is -2.73. The van der Waals surface area contributed by atoms with Crippen LogP contribution in [0.1, 0.15) is 16.1 Å². The van der Waals surface area contributed by atoms with Gasteiger partial charge in [-0.15, -0.1) is 0 Å². The number of fused-ring (bicyclic) bond motifs is 1. The molecule has 0 bridgehead atoms. The molecule has 1 fully saturated rings. The SMILES string of the molecule is O=C(c1cccc2cc[nH]c12)N1C[C@@H](Cc2cnccn2)[C@H](O)C1. The topological polar surface area (TPSA) is 82.1 Å². The number of aliphatic hydroxyl groups excluding tert-OH is 1. The Balaban J connectivity index is 1.53. The van der Waals surface area contributed by atoms with Gasteiger partial charge in [-0.3, -0.25) is 14.8 Å². The Bertz CT molecular complexity index is 862. The highest BCUT2D eigenvalue weighted by Crippen LogP contribution is 2.25. The third-order valence-electron chi connectivity index (χ3n) is 4.60. The molecular formula is C18H18N4O2. The summed E-state index contributed by atoms with van der Waals surface area (Å²) < 4.78 is 0. The van der Waals surface area contributed by atoms with Crippen molar-refractivity contribution in [3.05, 3.63) is 60.3 Å². The number of nitrogens with zero attached hydrogens (tertiary/aromatic N) is 3. The molecule has 3 heterocycles. The number of amides is 1. The number of H-pyrrole nitrogens is 1. The monoisotopic (exact) mass is 322 g/mol. The van der Waals surface area contributed by atoms with Crippen molar-refractivity contribution in [2.45, 2.75) is 12.5 Å². The number of aromatic nitrogens is 3. The summed E-state index contributed by atoms with van der Waals surface area (Å²) >= 11 is 0. The third kappa shape index (κ3) is 2.65. The number of nitrogens with one attached hydrogen (secondary N) is 1. The molecule has 2 atom stereocenters. The largest absolute Gasteiger partial charge is 0.391 e. The molecule has 1 saturated heterocycles. The number of aromatic amines is 1. The number of aliphatic hydroxyl groups is 1. The van der Waals surface area contributed by atoms with Gasteiger partial charge in [0.25, 0.3) is 5.91 Å². The van der Waals surface area contributed by atoms with Crippen LogP contribution in [-0.4, -0.2) is 50.1 Å². The van der Waals surface area contributed by atoms with Crippen LogP contribution in [-0.2, 0) is 6.42 Å². The second kappa shape index (κ2) is 6.05. The normalized spacial score (nSPS) is 20.6. The van der Waals surface area contributed by atoms with Crippen molar-refractivity contribution in [2.24, 2.45) is 5.92 Å². The maximum absolute atomic E-state index is 12.9. The molecule has 0 aliphatic carbocycles. The van der Waals surface area contributed by atoms with Gasteiger partial charge in [0.1, 0.15) is 0 Å². The van der Waals surface area contributed by atoms with Crippen LogP contribution in [0.4, 0.5) is 0 Å². The Morgan fingerprint density at radius 1 is 1.29 bits per heavy atom. The van der Waals surface area contributed by atoms with E-state index in [4.69, 9.17) is 0 Å². The van der Waals surface area contributed by atoms with E-state index in [0.717, 1.165) is 16.6 Å². The molecule has 3 aromatic rings. The number of carbonyl (C=O) groups is 1. The highest BCUT2D eigenvalue weighted by atomic mass is 16.3. The molecule has 0 radical (unpaired) electrons. The molecule has 4 rings (SSSR count).